The van der Waals surface area contributed by atoms with Crippen LogP contribution in [0.15, 0.2) is 67.3 Å². The van der Waals surface area contributed by atoms with Gasteiger partial charge in [0.05, 0.1) is 5.56 Å². The van der Waals surface area contributed by atoms with E-state index in [0.29, 0.717) is 36.6 Å². The summed E-state index contributed by atoms with van der Waals surface area (Å²) in [4.78, 5) is 40.0. The number of rotatable bonds is 8. The minimum Gasteiger partial charge on any atom is -0.383 e. The fourth-order valence-electron chi connectivity index (χ4n) is 4.82. The van der Waals surface area contributed by atoms with Crippen LogP contribution in [0.3, 0.4) is 0 Å². The van der Waals surface area contributed by atoms with Gasteiger partial charge in [0.15, 0.2) is 0 Å². The van der Waals surface area contributed by atoms with Crippen molar-refractivity contribution < 1.29 is 9.59 Å². The first kappa shape index (κ1) is 24.4. The van der Waals surface area contributed by atoms with Crippen molar-refractivity contribution in [3.05, 3.63) is 89.5 Å². The molecular formula is C29H30N6O2. The van der Waals surface area contributed by atoms with Gasteiger partial charge in [0, 0.05) is 68.6 Å². The van der Waals surface area contributed by atoms with Crippen molar-refractivity contribution in [3.63, 3.8) is 0 Å². The predicted molar refractivity (Wildman–Crippen MR) is 144 cm³/mol. The molecule has 188 valence electrons. The van der Waals surface area contributed by atoms with Crippen LogP contribution in [0, 0.1) is 5.92 Å². The number of nitrogens with zero attached hydrogens (tertiary/aromatic N) is 4. The molecule has 3 N–H and O–H groups in total. The van der Waals surface area contributed by atoms with Gasteiger partial charge in [-0.2, -0.15) is 0 Å². The number of ketones is 1. The maximum absolute atomic E-state index is 12.8. The second-order valence-corrected chi connectivity index (χ2v) is 9.47. The molecule has 3 aromatic heterocycles. The summed E-state index contributed by atoms with van der Waals surface area (Å²) in [6.07, 6.45) is 8.99. The minimum absolute atomic E-state index is 0.115. The summed E-state index contributed by atoms with van der Waals surface area (Å²) < 4.78 is 0. The number of amides is 1. The molecule has 4 heterocycles. The molecule has 1 aromatic carbocycles. The number of carbonyl (C=O) groups is 2. The van der Waals surface area contributed by atoms with E-state index in [1.807, 2.05) is 55.6 Å². The molecule has 1 fully saturated rings. The number of hydrogen-bond acceptors (Lipinski definition) is 7. The summed E-state index contributed by atoms with van der Waals surface area (Å²) in [6.45, 7) is 3.91. The van der Waals surface area contributed by atoms with E-state index in [1.165, 1.54) is 0 Å². The molecule has 1 saturated heterocycles. The maximum atomic E-state index is 12.8. The van der Waals surface area contributed by atoms with Crippen molar-refractivity contribution in [2.24, 2.45) is 5.92 Å². The van der Waals surface area contributed by atoms with E-state index < -0.39 is 0 Å². The Labute approximate surface area is 216 Å². The SMILES string of the molecule is CCC(=O)C1CCN(c2ccc(Cc3cncc(C(=O)NCc4ccc5c(N)nccc5c4)c3)cn2)C1. The minimum atomic E-state index is -0.178. The van der Waals surface area contributed by atoms with E-state index in [4.69, 9.17) is 5.73 Å². The van der Waals surface area contributed by atoms with Gasteiger partial charge in [0.1, 0.15) is 17.4 Å². The Bertz CT molecular complexity index is 1440. The van der Waals surface area contributed by atoms with Crippen LogP contribution >= 0.6 is 0 Å². The normalized spacial score (nSPS) is 15.2. The number of anilines is 2. The average molecular weight is 495 g/mol. The molecule has 0 bridgehead atoms. The monoisotopic (exact) mass is 494 g/mol. The van der Waals surface area contributed by atoms with Gasteiger partial charge in [-0.3, -0.25) is 14.6 Å². The van der Waals surface area contributed by atoms with Gasteiger partial charge in [-0.15, -0.1) is 0 Å². The lowest BCUT2D eigenvalue weighted by Crippen LogP contribution is -2.23. The molecule has 0 radical (unpaired) electrons. The Morgan fingerprint density at radius 3 is 2.70 bits per heavy atom. The topological polar surface area (TPSA) is 114 Å². The fourth-order valence-corrected chi connectivity index (χ4v) is 4.82. The molecular weight excluding hydrogens is 464 g/mol. The third kappa shape index (κ3) is 5.58. The van der Waals surface area contributed by atoms with Crippen LogP contribution in [0.25, 0.3) is 10.8 Å². The Morgan fingerprint density at radius 1 is 1.03 bits per heavy atom. The van der Waals surface area contributed by atoms with E-state index in [1.54, 1.807) is 18.6 Å². The zero-order valence-electron chi connectivity index (χ0n) is 20.9. The molecule has 4 aromatic rings. The number of pyridine rings is 3. The van der Waals surface area contributed by atoms with Gasteiger partial charge >= 0.3 is 0 Å². The number of carbonyl (C=O) groups excluding carboxylic acids is 2. The number of hydrogen-bond donors (Lipinski definition) is 2. The van der Waals surface area contributed by atoms with Crippen LogP contribution in [0.1, 0.15) is 46.8 Å². The fraction of sp³-hybridized carbons (Fsp3) is 0.276. The largest absolute Gasteiger partial charge is 0.383 e. The molecule has 1 unspecified atom stereocenters. The smallest absolute Gasteiger partial charge is 0.253 e. The Morgan fingerprint density at radius 2 is 1.89 bits per heavy atom. The molecule has 5 rings (SSSR count). The highest BCUT2D eigenvalue weighted by atomic mass is 16.1. The zero-order chi connectivity index (χ0) is 25.8. The summed E-state index contributed by atoms with van der Waals surface area (Å²) in [6, 6.07) is 13.7. The Balaban J connectivity index is 1.19. The highest BCUT2D eigenvalue weighted by molar-refractivity contribution is 5.94. The molecule has 1 amide bonds. The number of benzene rings is 1. The van der Waals surface area contributed by atoms with Gasteiger partial charge in [-0.05, 0) is 52.8 Å². The van der Waals surface area contributed by atoms with Crippen molar-refractivity contribution >= 4 is 34.1 Å². The molecule has 1 atom stereocenters. The summed E-state index contributed by atoms with van der Waals surface area (Å²) >= 11 is 0. The molecule has 0 spiro atoms. The van der Waals surface area contributed by atoms with E-state index in [0.717, 1.165) is 52.8 Å². The number of aromatic nitrogens is 3. The van der Waals surface area contributed by atoms with Gasteiger partial charge in [0.25, 0.3) is 5.91 Å². The van der Waals surface area contributed by atoms with Crippen molar-refractivity contribution in [2.45, 2.75) is 32.7 Å². The molecule has 37 heavy (non-hydrogen) atoms. The second kappa shape index (κ2) is 10.7. The number of nitrogen functional groups attached to an aromatic ring is 1. The third-order valence-corrected chi connectivity index (χ3v) is 6.90. The van der Waals surface area contributed by atoms with Crippen LogP contribution in [0.5, 0.6) is 0 Å². The van der Waals surface area contributed by atoms with E-state index in [9.17, 15) is 9.59 Å². The van der Waals surface area contributed by atoms with Crippen LogP contribution in [0.2, 0.25) is 0 Å². The first-order valence-electron chi connectivity index (χ1n) is 12.6. The maximum Gasteiger partial charge on any atom is 0.253 e. The van der Waals surface area contributed by atoms with Gasteiger partial charge in [-0.1, -0.05) is 25.1 Å². The lowest BCUT2D eigenvalue weighted by molar-refractivity contribution is -0.121. The lowest BCUT2D eigenvalue weighted by atomic mass is 10.0. The van der Waals surface area contributed by atoms with Crippen molar-refractivity contribution in [1.29, 1.82) is 0 Å². The van der Waals surface area contributed by atoms with Gasteiger partial charge in [-0.25, -0.2) is 9.97 Å². The van der Waals surface area contributed by atoms with E-state index in [-0.39, 0.29) is 11.8 Å². The molecule has 8 nitrogen and oxygen atoms in total. The lowest BCUT2D eigenvalue weighted by Gasteiger charge is -2.17. The van der Waals surface area contributed by atoms with Crippen LogP contribution in [-0.2, 0) is 17.8 Å². The summed E-state index contributed by atoms with van der Waals surface area (Å²) in [7, 11) is 0. The highest BCUT2D eigenvalue weighted by Crippen LogP contribution is 2.24. The van der Waals surface area contributed by atoms with Crippen molar-refractivity contribution in [1.82, 2.24) is 20.3 Å². The number of Topliss-reactive ketones (excluding diaryl/α,β-unsaturated/α-hetero) is 1. The number of fused-ring (bicyclic) bond motifs is 1. The average Bonchev–Trinajstić information content (AvgIpc) is 3.42. The van der Waals surface area contributed by atoms with Crippen LogP contribution in [0.4, 0.5) is 11.6 Å². The van der Waals surface area contributed by atoms with Crippen LogP contribution in [-0.4, -0.2) is 39.7 Å². The van der Waals surface area contributed by atoms with Crippen molar-refractivity contribution in [3.8, 4) is 0 Å². The van der Waals surface area contributed by atoms with E-state index >= 15 is 0 Å². The van der Waals surface area contributed by atoms with E-state index in [2.05, 4.69) is 25.2 Å². The molecule has 8 heteroatoms. The molecule has 1 aliphatic heterocycles. The highest BCUT2D eigenvalue weighted by Gasteiger charge is 2.27. The summed E-state index contributed by atoms with van der Waals surface area (Å²) in [5, 5.41) is 4.86. The third-order valence-electron chi connectivity index (χ3n) is 6.90. The Hall–Kier alpha value is -4.33. The number of nitrogens with two attached hydrogens (primary N) is 1. The molecule has 0 aliphatic carbocycles. The van der Waals surface area contributed by atoms with Gasteiger partial charge < -0.3 is 16.0 Å². The molecule has 0 saturated carbocycles. The standard InChI is InChI=1S/C29H30N6O2/c1-2-26(36)23-8-10-35(18-23)27-6-4-19(15-33-27)11-21-13-24(17-31-14-21)29(37)34-16-20-3-5-25-22(12-20)7-9-32-28(25)30/h3-7,9,12-15,17,23H,2,8,10-11,16,18H2,1H3,(H2,30,32)(H,34,37). The predicted octanol–water partition coefficient (Wildman–Crippen LogP) is 3.93. The first-order valence-corrected chi connectivity index (χ1v) is 12.6. The second-order valence-electron chi connectivity index (χ2n) is 9.47. The number of nitrogens with one attached hydrogen (secondary N) is 1. The first-order chi connectivity index (χ1) is 18.0. The van der Waals surface area contributed by atoms with Crippen molar-refractivity contribution in [2.75, 3.05) is 23.7 Å². The zero-order valence-corrected chi connectivity index (χ0v) is 20.9. The quantitative estimate of drug-likeness (QED) is 0.381. The summed E-state index contributed by atoms with van der Waals surface area (Å²) in [5.41, 5.74) is 9.39. The molecule has 1 aliphatic rings. The van der Waals surface area contributed by atoms with Crippen LogP contribution < -0.4 is 16.0 Å². The Kier molecular flexibility index (Phi) is 7.07. The van der Waals surface area contributed by atoms with Gasteiger partial charge in [0.2, 0.25) is 0 Å². The summed E-state index contributed by atoms with van der Waals surface area (Å²) in [5.74, 6) is 1.66.